The second-order valence-corrected chi connectivity index (χ2v) is 14.5. The molecular formula is C41H45F2N5O6. The summed E-state index contributed by atoms with van der Waals surface area (Å²) in [5.74, 6) is -6.06. The third-order valence-corrected chi connectivity index (χ3v) is 10.6. The van der Waals surface area contributed by atoms with Crippen molar-refractivity contribution in [1.29, 1.82) is 0 Å². The van der Waals surface area contributed by atoms with Crippen molar-refractivity contribution in [2.24, 2.45) is 5.73 Å². The Kier molecular flexibility index (Phi) is 11.6. The van der Waals surface area contributed by atoms with Crippen LogP contribution >= 0.6 is 0 Å². The standard InChI is InChI=1S/C41H45F2N5O6/c1-41(42,43)27-12-15-31-26(20-27)21-34(45-31)38(52)47-33-16-14-29(49)22-28-13-18-35(48(28)40(33)54)39(53)46-32(17-19-37(44)51)36(50)23-30(24-8-4-2-5-9-24)25-10-6-3-7-11-25/h2-12,15,20-21,28-30,32-33,35,45,49H,13-14,16-19,22-23H2,1H3,(H2,44,51)(H,46,53)(H,47,52)/t28-,29-,32+,33+,35+/m1/s1. The van der Waals surface area contributed by atoms with E-state index in [-0.39, 0.29) is 67.9 Å². The zero-order valence-corrected chi connectivity index (χ0v) is 30.0. The molecular weight excluding hydrogens is 696 g/mol. The van der Waals surface area contributed by atoms with E-state index < -0.39 is 59.8 Å². The first-order valence-corrected chi connectivity index (χ1v) is 18.3. The molecule has 0 unspecified atom stereocenters. The molecule has 2 aliphatic rings. The zero-order valence-electron chi connectivity index (χ0n) is 30.0. The van der Waals surface area contributed by atoms with Crippen molar-refractivity contribution in [3.05, 3.63) is 107 Å². The molecule has 2 fully saturated rings. The first-order chi connectivity index (χ1) is 25.8. The third kappa shape index (κ3) is 8.84. The number of aromatic nitrogens is 1. The Hall–Kier alpha value is -5.43. The van der Waals surface area contributed by atoms with Crippen molar-refractivity contribution in [3.63, 3.8) is 0 Å². The van der Waals surface area contributed by atoms with E-state index in [0.29, 0.717) is 17.3 Å². The predicted molar refractivity (Wildman–Crippen MR) is 197 cm³/mol. The number of nitrogens with two attached hydrogens (primary N) is 1. The number of amides is 4. The summed E-state index contributed by atoms with van der Waals surface area (Å²) in [6.07, 6.45) is 0.291. The topological polar surface area (TPSA) is 175 Å². The molecule has 5 atom stereocenters. The number of hydrogen-bond acceptors (Lipinski definition) is 6. The number of rotatable bonds is 13. The van der Waals surface area contributed by atoms with Crippen LogP contribution in [0.15, 0.2) is 84.9 Å². The highest BCUT2D eigenvalue weighted by atomic mass is 19.3. The summed E-state index contributed by atoms with van der Waals surface area (Å²) in [5.41, 5.74) is 7.60. The van der Waals surface area contributed by atoms with E-state index in [0.717, 1.165) is 18.1 Å². The Morgan fingerprint density at radius 3 is 2.24 bits per heavy atom. The minimum atomic E-state index is -3.07. The first-order valence-electron chi connectivity index (χ1n) is 18.3. The highest BCUT2D eigenvalue weighted by Gasteiger charge is 2.46. The van der Waals surface area contributed by atoms with E-state index in [2.05, 4.69) is 15.6 Å². The van der Waals surface area contributed by atoms with Crippen LogP contribution in [-0.2, 0) is 25.1 Å². The monoisotopic (exact) mass is 741 g/mol. The SMILES string of the molecule is CC(F)(F)c1ccc2[nH]c(C(=O)N[C@H]3CC[C@@H](O)C[C@H]4CC[C@@H](C(=O)N[C@@H](CCC(N)=O)C(=O)CC(c5ccccc5)c5ccccc5)N4C3=O)cc2c1. The Labute approximate surface area is 311 Å². The summed E-state index contributed by atoms with van der Waals surface area (Å²) < 4.78 is 27.9. The molecule has 3 aromatic carbocycles. The van der Waals surface area contributed by atoms with Gasteiger partial charge in [-0.05, 0) is 67.9 Å². The number of aliphatic hydroxyl groups is 1. The summed E-state index contributed by atoms with van der Waals surface area (Å²) >= 11 is 0. The number of hydrogen-bond donors (Lipinski definition) is 5. The molecule has 4 amide bonds. The molecule has 0 radical (unpaired) electrons. The van der Waals surface area contributed by atoms with Crippen LogP contribution in [-0.4, -0.2) is 74.7 Å². The Balaban J connectivity index is 1.20. The van der Waals surface area contributed by atoms with Gasteiger partial charge in [0.1, 0.15) is 17.8 Å². The Morgan fingerprint density at radius 2 is 1.61 bits per heavy atom. The predicted octanol–water partition coefficient (Wildman–Crippen LogP) is 4.82. The van der Waals surface area contributed by atoms with Gasteiger partial charge in [-0.3, -0.25) is 24.0 Å². The number of aliphatic hydroxyl groups excluding tert-OH is 1. The van der Waals surface area contributed by atoms with Gasteiger partial charge in [0.25, 0.3) is 11.8 Å². The molecule has 0 saturated carbocycles. The number of carbonyl (C=O) groups excluding carboxylic acids is 5. The molecule has 2 aliphatic heterocycles. The number of nitrogens with zero attached hydrogens (tertiary/aromatic N) is 1. The fraction of sp³-hybridized carbons (Fsp3) is 0.390. The van der Waals surface area contributed by atoms with Crippen LogP contribution in [0.5, 0.6) is 0 Å². The van der Waals surface area contributed by atoms with Crippen molar-refractivity contribution >= 4 is 40.3 Å². The molecule has 13 heteroatoms. The normalized spacial score (nSPS) is 20.9. The molecule has 3 heterocycles. The van der Waals surface area contributed by atoms with Crippen molar-refractivity contribution in [1.82, 2.24) is 20.5 Å². The lowest BCUT2D eigenvalue weighted by Gasteiger charge is -2.36. The van der Waals surface area contributed by atoms with Crippen LogP contribution in [0.4, 0.5) is 8.78 Å². The third-order valence-electron chi connectivity index (χ3n) is 10.6. The van der Waals surface area contributed by atoms with Gasteiger partial charge in [0.2, 0.25) is 17.7 Å². The average Bonchev–Trinajstić information content (AvgIpc) is 3.77. The van der Waals surface area contributed by atoms with Crippen LogP contribution in [0.3, 0.4) is 0 Å². The van der Waals surface area contributed by atoms with Crippen molar-refractivity contribution in [2.45, 2.75) is 100 Å². The van der Waals surface area contributed by atoms with E-state index in [4.69, 9.17) is 5.73 Å². The van der Waals surface area contributed by atoms with Gasteiger partial charge < -0.3 is 31.4 Å². The van der Waals surface area contributed by atoms with Crippen LogP contribution in [0.25, 0.3) is 10.9 Å². The molecule has 2 saturated heterocycles. The molecule has 54 heavy (non-hydrogen) atoms. The second kappa shape index (κ2) is 16.3. The van der Waals surface area contributed by atoms with Gasteiger partial charge in [-0.1, -0.05) is 66.7 Å². The van der Waals surface area contributed by atoms with Gasteiger partial charge in [0.05, 0.1) is 12.1 Å². The number of halogens is 2. The quantitative estimate of drug-likeness (QED) is 0.131. The summed E-state index contributed by atoms with van der Waals surface area (Å²) in [4.78, 5) is 72.0. The van der Waals surface area contributed by atoms with Crippen LogP contribution in [0.1, 0.15) is 91.4 Å². The van der Waals surface area contributed by atoms with Gasteiger partial charge in [-0.2, -0.15) is 0 Å². The molecule has 6 N–H and O–H groups in total. The number of carbonyl (C=O) groups is 5. The zero-order chi connectivity index (χ0) is 38.6. The summed E-state index contributed by atoms with van der Waals surface area (Å²) in [5, 5.41) is 16.8. The average molecular weight is 742 g/mol. The highest BCUT2D eigenvalue weighted by Crippen LogP contribution is 2.34. The number of alkyl halides is 2. The fourth-order valence-electron chi connectivity index (χ4n) is 7.71. The smallest absolute Gasteiger partial charge is 0.270 e. The lowest BCUT2D eigenvalue weighted by molar-refractivity contribution is -0.144. The molecule has 6 rings (SSSR count). The van der Waals surface area contributed by atoms with Gasteiger partial charge >= 0.3 is 0 Å². The summed E-state index contributed by atoms with van der Waals surface area (Å²) in [7, 11) is 0. The van der Waals surface area contributed by atoms with Crippen molar-refractivity contribution in [2.75, 3.05) is 0 Å². The maximum Gasteiger partial charge on any atom is 0.270 e. The maximum absolute atomic E-state index is 14.2. The van der Waals surface area contributed by atoms with E-state index in [1.807, 2.05) is 60.7 Å². The lowest BCUT2D eigenvalue weighted by atomic mass is 9.85. The van der Waals surface area contributed by atoms with Gasteiger partial charge in [-0.15, -0.1) is 0 Å². The number of primary amides is 1. The maximum atomic E-state index is 14.2. The summed E-state index contributed by atoms with van der Waals surface area (Å²) in [6.45, 7) is 0.786. The fourth-order valence-corrected chi connectivity index (χ4v) is 7.71. The molecule has 284 valence electrons. The molecule has 4 aromatic rings. The highest BCUT2D eigenvalue weighted by molar-refractivity contribution is 6.01. The van der Waals surface area contributed by atoms with Gasteiger partial charge in [0.15, 0.2) is 5.78 Å². The minimum absolute atomic E-state index is 0.0282. The van der Waals surface area contributed by atoms with E-state index in [1.54, 1.807) is 0 Å². The van der Waals surface area contributed by atoms with Crippen molar-refractivity contribution < 1.29 is 37.9 Å². The molecule has 1 aromatic heterocycles. The van der Waals surface area contributed by atoms with Crippen LogP contribution in [0.2, 0.25) is 0 Å². The lowest BCUT2D eigenvalue weighted by Crippen LogP contribution is -2.58. The molecule has 0 bridgehead atoms. The van der Waals surface area contributed by atoms with E-state index in [9.17, 15) is 37.9 Å². The number of H-pyrrole nitrogens is 1. The largest absolute Gasteiger partial charge is 0.393 e. The Bertz CT molecular complexity index is 1960. The number of fused-ring (bicyclic) bond motifs is 2. The van der Waals surface area contributed by atoms with Crippen molar-refractivity contribution in [3.8, 4) is 0 Å². The number of Topliss-reactive ketones (excluding diaryl/α,β-unsaturated/α-hetero) is 1. The van der Waals surface area contributed by atoms with Crippen LogP contribution in [0, 0.1) is 0 Å². The molecule has 0 aliphatic carbocycles. The summed E-state index contributed by atoms with van der Waals surface area (Å²) in [6, 6.07) is 20.8. The number of ketones is 1. The Morgan fingerprint density at radius 1 is 0.944 bits per heavy atom. The van der Waals surface area contributed by atoms with E-state index >= 15 is 0 Å². The second-order valence-electron chi connectivity index (χ2n) is 14.5. The number of benzene rings is 3. The van der Waals surface area contributed by atoms with E-state index in [1.165, 1.54) is 29.2 Å². The molecule has 11 nitrogen and oxygen atoms in total. The van der Waals surface area contributed by atoms with Gasteiger partial charge in [-0.25, -0.2) is 8.78 Å². The molecule has 0 spiro atoms. The number of nitrogens with one attached hydrogen (secondary N) is 3. The number of aromatic amines is 1. The van der Waals surface area contributed by atoms with Gasteiger partial charge in [0, 0.05) is 48.2 Å². The van der Waals surface area contributed by atoms with Crippen LogP contribution < -0.4 is 16.4 Å². The minimum Gasteiger partial charge on any atom is -0.393 e. The first kappa shape index (κ1) is 38.3.